The number of imidazole rings is 1. The summed E-state index contributed by atoms with van der Waals surface area (Å²) in [6.45, 7) is 4.42. The average Bonchev–Trinajstić information content (AvgIpc) is 3.00. The van der Waals surface area contributed by atoms with Gasteiger partial charge in [-0.15, -0.1) is 0 Å². The number of sulfonamides is 1. The van der Waals surface area contributed by atoms with Crippen LogP contribution < -0.4 is 5.14 Å². The lowest BCUT2D eigenvalue weighted by atomic mass is 10.1. The number of aryl methyl sites for hydroxylation is 1. The van der Waals surface area contributed by atoms with Gasteiger partial charge < -0.3 is 4.57 Å². The highest BCUT2D eigenvalue weighted by molar-refractivity contribution is 8.00. The number of ketones is 1. The fraction of sp³-hybridized carbons (Fsp3) is 0.300. The lowest BCUT2D eigenvalue weighted by molar-refractivity contribution is -0.116. The third-order valence-corrected chi connectivity index (χ3v) is 6.72. The van der Waals surface area contributed by atoms with Crippen LogP contribution in [0.15, 0.2) is 58.6 Å². The van der Waals surface area contributed by atoms with Gasteiger partial charge in [0.05, 0.1) is 21.2 Å². The molecule has 1 aromatic heterocycles. The van der Waals surface area contributed by atoms with Crippen molar-refractivity contribution in [3.05, 3.63) is 54.1 Å². The number of thioether (sulfide) groups is 1. The van der Waals surface area contributed by atoms with Crippen molar-refractivity contribution in [2.45, 2.75) is 48.5 Å². The highest BCUT2D eigenvalue weighted by atomic mass is 32.2. The van der Waals surface area contributed by atoms with Gasteiger partial charge in [0.1, 0.15) is 5.78 Å². The minimum atomic E-state index is -3.80. The summed E-state index contributed by atoms with van der Waals surface area (Å²) in [5, 5.41) is 5.57. The van der Waals surface area contributed by atoms with Crippen LogP contribution in [0.5, 0.6) is 0 Å². The Labute approximate surface area is 169 Å². The molecule has 0 bridgehead atoms. The van der Waals surface area contributed by atoms with Crippen molar-refractivity contribution >= 4 is 38.6 Å². The van der Waals surface area contributed by atoms with Crippen LogP contribution in [0.25, 0.3) is 11.0 Å². The Morgan fingerprint density at radius 2 is 1.93 bits per heavy atom. The second-order valence-electron chi connectivity index (χ2n) is 6.61. The normalized spacial score (nSPS) is 13.0. The van der Waals surface area contributed by atoms with Crippen LogP contribution in [0.2, 0.25) is 0 Å². The molecule has 0 spiro atoms. The van der Waals surface area contributed by atoms with Crippen molar-refractivity contribution in [2.75, 3.05) is 0 Å². The second-order valence-corrected chi connectivity index (χ2v) is 9.25. The molecule has 28 heavy (non-hydrogen) atoms. The largest absolute Gasteiger partial charge is 0.319 e. The lowest BCUT2D eigenvalue weighted by Crippen LogP contribution is -2.11. The molecule has 148 valence electrons. The number of fused-ring (bicyclic) bond motifs is 1. The SMILES string of the molecule is CCCCn1c(S[C@@H](C(C)=O)c2ccccc2)nc2cc(S(N)(=O)=O)ccc21. The molecule has 0 radical (unpaired) electrons. The molecule has 0 fully saturated rings. The third kappa shape index (κ3) is 4.45. The smallest absolute Gasteiger partial charge is 0.238 e. The van der Waals surface area contributed by atoms with Gasteiger partial charge in [0.15, 0.2) is 5.16 Å². The number of aromatic nitrogens is 2. The Hall–Kier alpha value is -2.16. The van der Waals surface area contributed by atoms with Gasteiger partial charge in [-0.2, -0.15) is 0 Å². The van der Waals surface area contributed by atoms with Gasteiger partial charge >= 0.3 is 0 Å². The molecule has 1 atom stereocenters. The molecule has 0 aliphatic rings. The van der Waals surface area contributed by atoms with Gasteiger partial charge in [-0.25, -0.2) is 18.5 Å². The molecular weight excluding hydrogens is 394 g/mol. The molecule has 0 saturated carbocycles. The quantitative estimate of drug-likeness (QED) is 0.561. The molecular formula is C20H23N3O3S2. The summed E-state index contributed by atoms with van der Waals surface area (Å²) < 4.78 is 25.4. The molecule has 8 heteroatoms. The summed E-state index contributed by atoms with van der Waals surface area (Å²) in [5.41, 5.74) is 2.30. The molecule has 0 aliphatic carbocycles. The fourth-order valence-corrected chi connectivity index (χ4v) is 4.68. The molecule has 3 rings (SSSR count). The van der Waals surface area contributed by atoms with E-state index < -0.39 is 10.0 Å². The van der Waals surface area contributed by atoms with Gasteiger partial charge in [0.2, 0.25) is 10.0 Å². The fourth-order valence-electron chi connectivity index (χ4n) is 3.01. The molecule has 2 N–H and O–H groups in total. The highest BCUT2D eigenvalue weighted by Crippen LogP contribution is 2.37. The summed E-state index contributed by atoms with van der Waals surface area (Å²) in [4.78, 5) is 17.0. The van der Waals surface area contributed by atoms with Crippen molar-refractivity contribution < 1.29 is 13.2 Å². The van der Waals surface area contributed by atoms with Crippen LogP contribution in [0.4, 0.5) is 0 Å². The zero-order valence-corrected chi connectivity index (χ0v) is 17.5. The number of primary sulfonamides is 1. The number of benzene rings is 2. The van der Waals surface area contributed by atoms with Crippen LogP contribution in [-0.4, -0.2) is 23.8 Å². The average molecular weight is 418 g/mol. The number of nitrogens with two attached hydrogens (primary N) is 1. The van der Waals surface area contributed by atoms with E-state index in [2.05, 4.69) is 16.5 Å². The van der Waals surface area contributed by atoms with E-state index in [1.54, 1.807) is 13.0 Å². The monoisotopic (exact) mass is 417 g/mol. The van der Waals surface area contributed by atoms with E-state index in [0.29, 0.717) is 10.7 Å². The maximum absolute atomic E-state index is 12.3. The van der Waals surface area contributed by atoms with Gasteiger partial charge in [0, 0.05) is 6.54 Å². The van der Waals surface area contributed by atoms with Crippen LogP contribution in [0.1, 0.15) is 37.5 Å². The van der Waals surface area contributed by atoms with E-state index in [-0.39, 0.29) is 15.9 Å². The van der Waals surface area contributed by atoms with Crippen LogP contribution in [0, 0.1) is 0 Å². The Morgan fingerprint density at radius 3 is 2.54 bits per heavy atom. The molecule has 6 nitrogen and oxygen atoms in total. The minimum Gasteiger partial charge on any atom is -0.319 e. The summed E-state index contributed by atoms with van der Waals surface area (Å²) in [6, 6.07) is 14.3. The standard InChI is InChI=1S/C20H23N3O3S2/c1-3-4-12-23-18-11-10-16(28(21,25)26)13-17(18)22-20(23)27-19(14(2)24)15-8-6-5-7-9-15/h5-11,13,19H,3-4,12H2,1-2H3,(H2,21,25,26)/t19-/m0/s1. The zero-order chi connectivity index (χ0) is 20.3. The molecule has 0 aliphatic heterocycles. The summed E-state index contributed by atoms with van der Waals surface area (Å²) >= 11 is 1.39. The number of hydrogen-bond donors (Lipinski definition) is 1. The number of rotatable bonds is 8. The predicted octanol–water partition coefficient (Wildman–Crippen LogP) is 3.91. The van der Waals surface area contributed by atoms with E-state index in [0.717, 1.165) is 30.5 Å². The number of carbonyl (C=O) groups is 1. The topological polar surface area (TPSA) is 95.0 Å². The number of carbonyl (C=O) groups excluding carboxylic acids is 1. The molecule has 3 aromatic rings. The minimum absolute atomic E-state index is 0.0304. The Morgan fingerprint density at radius 1 is 1.21 bits per heavy atom. The Bertz CT molecular complexity index is 1090. The van der Waals surface area contributed by atoms with Crippen molar-refractivity contribution in [1.82, 2.24) is 9.55 Å². The van der Waals surface area contributed by atoms with Gasteiger partial charge in [-0.05, 0) is 37.1 Å². The van der Waals surface area contributed by atoms with Crippen molar-refractivity contribution in [1.29, 1.82) is 0 Å². The van der Waals surface area contributed by atoms with Gasteiger partial charge in [0.25, 0.3) is 0 Å². The first-order valence-corrected chi connectivity index (χ1v) is 11.5. The third-order valence-electron chi connectivity index (χ3n) is 4.44. The molecule has 0 unspecified atom stereocenters. The van der Waals surface area contributed by atoms with Gasteiger partial charge in [-0.3, -0.25) is 4.79 Å². The molecule has 1 heterocycles. The van der Waals surface area contributed by atoms with Gasteiger partial charge in [-0.1, -0.05) is 55.4 Å². The highest BCUT2D eigenvalue weighted by Gasteiger charge is 2.23. The predicted molar refractivity (Wildman–Crippen MR) is 112 cm³/mol. The van der Waals surface area contributed by atoms with Crippen molar-refractivity contribution in [3.8, 4) is 0 Å². The van der Waals surface area contributed by atoms with E-state index in [9.17, 15) is 13.2 Å². The molecule has 2 aromatic carbocycles. The molecule has 0 saturated heterocycles. The Balaban J connectivity index is 2.08. The summed E-state index contributed by atoms with van der Waals surface area (Å²) in [7, 11) is -3.80. The number of nitrogens with zero attached hydrogens (tertiary/aromatic N) is 2. The summed E-state index contributed by atoms with van der Waals surface area (Å²) in [5.74, 6) is 0.0375. The van der Waals surface area contributed by atoms with E-state index in [1.807, 2.05) is 30.3 Å². The first kappa shape index (κ1) is 20.6. The number of Topliss-reactive ketones (excluding diaryl/α,β-unsaturated/α-hetero) is 1. The molecule has 0 amide bonds. The van der Waals surface area contributed by atoms with Crippen molar-refractivity contribution in [3.63, 3.8) is 0 Å². The van der Waals surface area contributed by atoms with E-state index >= 15 is 0 Å². The van der Waals surface area contributed by atoms with Crippen LogP contribution in [-0.2, 0) is 21.4 Å². The van der Waals surface area contributed by atoms with Crippen LogP contribution >= 0.6 is 11.8 Å². The Kier molecular flexibility index (Phi) is 6.22. The number of unbranched alkanes of at least 4 members (excludes halogenated alkanes) is 1. The van der Waals surface area contributed by atoms with E-state index in [4.69, 9.17) is 5.14 Å². The lowest BCUT2D eigenvalue weighted by Gasteiger charge is -2.15. The first-order valence-electron chi connectivity index (χ1n) is 9.06. The first-order chi connectivity index (χ1) is 13.3. The summed E-state index contributed by atoms with van der Waals surface area (Å²) in [6.07, 6.45) is 1.96. The van der Waals surface area contributed by atoms with E-state index in [1.165, 1.54) is 23.9 Å². The van der Waals surface area contributed by atoms with Crippen LogP contribution in [0.3, 0.4) is 0 Å². The zero-order valence-electron chi connectivity index (χ0n) is 15.8. The number of hydrogen-bond acceptors (Lipinski definition) is 5. The maximum atomic E-state index is 12.3. The maximum Gasteiger partial charge on any atom is 0.238 e. The second kappa shape index (κ2) is 8.46. The van der Waals surface area contributed by atoms with Crippen molar-refractivity contribution in [2.24, 2.45) is 5.14 Å².